The van der Waals surface area contributed by atoms with Crippen molar-refractivity contribution in [3.63, 3.8) is 0 Å². The second kappa shape index (κ2) is 10.1. The molecule has 1 aromatic rings. The van der Waals surface area contributed by atoms with E-state index in [1.165, 1.54) is 0 Å². The van der Waals surface area contributed by atoms with Gasteiger partial charge in [0.15, 0.2) is 0 Å². The van der Waals surface area contributed by atoms with E-state index in [9.17, 15) is 18.0 Å². The van der Waals surface area contributed by atoms with E-state index >= 15 is 0 Å². The summed E-state index contributed by atoms with van der Waals surface area (Å²) in [4.78, 5) is 26.6. The minimum atomic E-state index is -3.52. The quantitative estimate of drug-likeness (QED) is 0.711. The topological polar surface area (TPSA) is 98.8 Å². The number of anilines is 1. The molecule has 0 aliphatic carbocycles. The fourth-order valence-corrected chi connectivity index (χ4v) is 6.77. The third kappa shape index (κ3) is 5.73. The van der Waals surface area contributed by atoms with Crippen LogP contribution < -0.4 is 10.6 Å². The first-order valence-corrected chi connectivity index (χ1v) is 13.0. The fourth-order valence-electron chi connectivity index (χ4n) is 3.90. The van der Waals surface area contributed by atoms with Gasteiger partial charge in [-0.05, 0) is 51.7 Å². The van der Waals surface area contributed by atoms with Crippen LogP contribution >= 0.6 is 11.3 Å². The van der Waals surface area contributed by atoms with Crippen LogP contribution in [0.4, 0.5) is 9.80 Å². The molecule has 168 valence electrons. The molecular weight excluding hydrogens is 424 g/mol. The predicted octanol–water partition coefficient (Wildman–Crippen LogP) is 3.08. The van der Waals surface area contributed by atoms with E-state index in [4.69, 9.17) is 0 Å². The molecule has 0 radical (unpaired) electrons. The highest BCUT2D eigenvalue weighted by atomic mass is 32.2. The number of piperidine rings is 1. The van der Waals surface area contributed by atoms with Crippen molar-refractivity contribution in [3.8, 4) is 0 Å². The van der Waals surface area contributed by atoms with Gasteiger partial charge < -0.3 is 10.2 Å². The van der Waals surface area contributed by atoms with Gasteiger partial charge in [0.05, 0.1) is 10.9 Å². The Morgan fingerprint density at radius 1 is 1.07 bits per heavy atom. The molecule has 0 spiro atoms. The van der Waals surface area contributed by atoms with Gasteiger partial charge in [-0.1, -0.05) is 12.8 Å². The van der Waals surface area contributed by atoms with Gasteiger partial charge in [0.1, 0.15) is 4.21 Å². The SMILES string of the molecule is CC(C)NC(=O)[C@H]1CCCN(C(=O)Nc2ccc(S(=O)(=O)N3CCCCCC3)s2)C1. The van der Waals surface area contributed by atoms with Crippen molar-refractivity contribution in [1.82, 2.24) is 14.5 Å². The first kappa shape index (κ1) is 23.0. The van der Waals surface area contributed by atoms with Crippen molar-refractivity contribution in [2.24, 2.45) is 5.92 Å². The minimum Gasteiger partial charge on any atom is -0.354 e. The lowest BCUT2D eigenvalue weighted by Gasteiger charge is -2.32. The number of rotatable bonds is 5. The highest BCUT2D eigenvalue weighted by molar-refractivity contribution is 7.91. The number of thiophene rings is 1. The number of nitrogens with zero attached hydrogens (tertiary/aromatic N) is 2. The third-order valence-corrected chi connectivity index (χ3v) is 8.85. The van der Waals surface area contributed by atoms with Crippen LogP contribution in [0.1, 0.15) is 52.4 Å². The van der Waals surface area contributed by atoms with Crippen LogP contribution in [0.15, 0.2) is 16.3 Å². The number of nitrogens with one attached hydrogen (secondary N) is 2. The van der Waals surface area contributed by atoms with E-state index < -0.39 is 10.0 Å². The number of carbonyl (C=O) groups is 2. The molecule has 2 saturated heterocycles. The Hall–Kier alpha value is -1.65. The monoisotopic (exact) mass is 456 g/mol. The molecule has 3 heterocycles. The summed E-state index contributed by atoms with van der Waals surface area (Å²) in [7, 11) is -3.52. The maximum absolute atomic E-state index is 12.9. The molecule has 1 aromatic heterocycles. The molecule has 8 nitrogen and oxygen atoms in total. The van der Waals surface area contributed by atoms with Crippen molar-refractivity contribution in [2.75, 3.05) is 31.5 Å². The number of carbonyl (C=O) groups excluding carboxylic acids is 2. The molecule has 1 atom stereocenters. The first-order valence-electron chi connectivity index (χ1n) is 10.7. The zero-order chi connectivity index (χ0) is 21.7. The van der Waals surface area contributed by atoms with E-state index in [1.54, 1.807) is 21.3 Å². The Bertz CT molecular complexity index is 845. The number of sulfonamides is 1. The molecular formula is C20H32N4O4S2. The molecule has 2 aliphatic rings. The lowest BCUT2D eigenvalue weighted by atomic mass is 9.97. The number of hydrogen-bond acceptors (Lipinski definition) is 5. The zero-order valence-corrected chi connectivity index (χ0v) is 19.4. The highest BCUT2D eigenvalue weighted by Gasteiger charge is 2.30. The summed E-state index contributed by atoms with van der Waals surface area (Å²) in [5.41, 5.74) is 0. The lowest BCUT2D eigenvalue weighted by Crippen LogP contribution is -2.47. The summed E-state index contributed by atoms with van der Waals surface area (Å²) in [6.45, 7) is 5.89. The van der Waals surface area contributed by atoms with Crippen LogP contribution in [0.5, 0.6) is 0 Å². The van der Waals surface area contributed by atoms with Crippen LogP contribution in [0.3, 0.4) is 0 Å². The molecule has 0 aromatic carbocycles. The van der Waals surface area contributed by atoms with Crippen molar-refractivity contribution in [2.45, 2.75) is 62.6 Å². The third-order valence-electron chi connectivity index (χ3n) is 5.48. The molecule has 0 saturated carbocycles. The molecule has 30 heavy (non-hydrogen) atoms. The van der Waals surface area contributed by atoms with Gasteiger partial charge in [0, 0.05) is 32.2 Å². The highest BCUT2D eigenvalue weighted by Crippen LogP contribution is 2.30. The van der Waals surface area contributed by atoms with E-state index in [0.29, 0.717) is 31.2 Å². The Balaban J connectivity index is 1.61. The number of likely N-dealkylation sites (tertiary alicyclic amines) is 1. The van der Waals surface area contributed by atoms with Crippen LogP contribution in [-0.2, 0) is 14.8 Å². The largest absolute Gasteiger partial charge is 0.354 e. The molecule has 0 bridgehead atoms. The van der Waals surface area contributed by atoms with Crippen LogP contribution in [0.2, 0.25) is 0 Å². The zero-order valence-electron chi connectivity index (χ0n) is 17.7. The molecule has 3 rings (SSSR count). The van der Waals surface area contributed by atoms with Gasteiger partial charge in [0.25, 0.3) is 10.0 Å². The van der Waals surface area contributed by atoms with Crippen molar-refractivity contribution >= 4 is 38.3 Å². The average molecular weight is 457 g/mol. The Morgan fingerprint density at radius 3 is 2.43 bits per heavy atom. The summed E-state index contributed by atoms with van der Waals surface area (Å²) in [5, 5.41) is 6.22. The van der Waals surface area contributed by atoms with Crippen molar-refractivity contribution < 1.29 is 18.0 Å². The van der Waals surface area contributed by atoms with Crippen LogP contribution in [0, 0.1) is 5.92 Å². The number of hydrogen-bond donors (Lipinski definition) is 2. The molecule has 2 fully saturated rings. The number of urea groups is 1. The lowest BCUT2D eigenvalue weighted by molar-refractivity contribution is -0.126. The van der Waals surface area contributed by atoms with Crippen molar-refractivity contribution in [1.29, 1.82) is 0 Å². The normalized spacial score (nSPS) is 21.3. The second-order valence-corrected chi connectivity index (χ2v) is 11.6. The maximum atomic E-state index is 12.9. The van der Waals surface area contributed by atoms with Crippen LogP contribution in [-0.4, -0.2) is 61.8 Å². The molecule has 0 unspecified atom stereocenters. The molecule has 2 aliphatic heterocycles. The van der Waals surface area contributed by atoms with E-state index in [1.807, 2.05) is 13.8 Å². The second-order valence-electron chi connectivity index (χ2n) is 8.32. The predicted molar refractivity (Wildman–Crippen MR) is 118 cm³/mol. The first-order chi connectivity index (χ1) is 14.3. The smallest absolute Gasteiger partial charge is 0.322 e. The van der Waals surface area contributed by atoms with Gasteiger partial charge in [-0.2, -0.15) is 4.31 Å². The van der Waals surface area contributed by atoms with Gasteiger partial charge in [0.2, 0.25) is 5.91 Å². The van der Waals surface area contributed by atoms with Gasteiger partial charge >= 0.3 is 6.03 Å². The molecule has 3 amide bonds. The maximum Gasteiger partial charge on any atom is 0.322 e. The Morgan fingerprint density at radius 2 is 1.77 bits per heavy atom. The van der Waals surface area contributed by atoms with E-state index in [0.717, 1.165) is 49.9 Å². The summed E-state index contributed by atoms with van der Waals surface area (Å²) in [6, 6.07) is 2.98. The van der Waals surface area contributed by atoms with Gasteiger partial charge in [-0.3, -0.25) is 10.1 Å². The average Bonchev–Trinajstić information content (AvgIpc) is 3.00. The van der Waals surface area contributed by atoms with E-state index in [-0.39, 0.29) is 28.1 Å². The van der Waals surface area contributed by atoms with Gasteiger partial charge in [-0.15, -0.1) is 11.3 Å². The molecule has 2 N–H and O–H groups in total. The van der Waals surface area contributed by atoms with Crippen LogP contribution in [0.25, 0.3) is 0 Å². The molecule has 10 heteroatoms. The minimum absolute atomic E-state index is 0.0237. The standard InChI is InChI=1S/C20H32N4O4S2/c1-15(2)21-19(25)16-8-7-11-23(14-16)20(26)22-17-9-10-18(29-17)30(27,28)24-12-5-3-4-6-13-24/h9-10,15-16H,3-8,11-14H2,1-2H3,(H,21,25)(H,22,26)/t16-/m0/s1. The number of amides is 3. The summed E-state index contributed by atoms with van der Waals surface area (Å²) in [6.07, 6.45) is 5.42. The summed E-state index contributed by atoms with van der Waals surface area (Å²) in [5.74, 6) is -0.237. The fraction of sp³-hybridized carbons (Fsp3) is 0.700. The van der Waals surface area contributed by atoms with E-state index in [2.05, 4.69) is 10.6 Å². The summed E-state index contributed by atoms with van der Waals surface area (Å²) >= 11 is 1.08. The van der Waals surface area contributed by atoms with Gasteiger partial charge in [-0.25, -0.2) is 13.2 Å². The summed E-state index contributed by atoms with van der Waals surface area (Å²) < 4.78 is 27.6. The Kier molecular flexibility index (Phi) is 7.75. The van der Waals surface area contributed by atoms with Crippen molar-refractivity contribution in [3.05, 3.63) is 12.1 Å². The Labute approximate surface area is 183 Å².